The van der Waals surface area contributed by atoms with Crippen molar-refractivity contribution in [2.45, 2.75) is 24.4 Å². The zero-order valence-corrected chi connectivity index (χ0v) is 20.2. The molecule has 6 nitrogen and oxygen atoms in total. The van der Waals surface area contributed by atoms with Crippen LogP contribution in [0.1, 0.15) is 29.3 Å². The van der Waals surface area contributed by atoms with Crippen molar-refractivity contribution < 1.29 is 9.53 Å². The lowest BCUT2D eigenvalue weighted by Crippen LogP contribution is -2.27. The van der Waals surface area contributed by atoms with Crippen molar-refractivity contribution in [3.63, 3.8) is 0 Å². The summed E-state index contributed by atoms with van der Waals surface area (Å²) in [5.74, 6) is 2.03. The minimum Gasteiger partial charge on any atom is -0.497 e. The van der Waals surface area contributed by atoms with Gasteiger partial charge in [0.05, 0.1) is 12.9 Å². The van der Waals surface area contributed by atoms with Crippen LogP contribution in [0.5, 0.6) is 5.75 Å². The quantitative estimate of drug-likeness (QED) is 0.329. The van der Waals surface area contributed by atoms with Gasteiger partial charge in [-0.3, -0.25) is 9.36 Å². The van der Waals surface area contributed by atoms with Crippen LogP contribution in [0.4, 0.5) is 0 Å². The first-order valence-electron chi connectivity index (χ1n) is 11.2. The summed E-state index contributed by atoms with van der Waals surface area (Å²) in [5, 5.41) is 12.2. The van der Waals surface area contributed by atoms with E-state index in [-0.39, 0.29) is 17.6 Å². The summed E-state index contributed by atoms with van der Waals surface area (Å²) >= 11 is 1.38. The van der Waals surface area contributed by atoms with E-state index >= 15 is 0 Å². The van der Waals surface area contributed by atoms with E-state index < -0.39 is 0 Å². The highest BCUT2D eigenvalue weighted by atomic mass is 32.2. The van der Waals surface area contributed by atoms with E-state index in [0.717, 1.165) is 23.7 Å². The van der Waals surface area contributed by atoms with Crippen molar-refractivity contribution in [3.8, 4) is 11.4 Å². The molecule has 4 rings (SSSR count). The van der Waals surface area contributed by atoms with Crippen LogP contribution in [-0.2, 0) is 4.79 Å². The summed E-state index contributed by atoms with van der Waals surface area (Å²) in [6.45, 7) is 2.49. The molecule has 0 saturated heterocycles. The predicted octanol–water partition coefficient (Wildman–Crippen LogP) is 5.01. The maximum atomic E-state index is 12.6. The Morgan fingerprint density at radius 1 is 0.941 bits per heavy atom. The van der Waals surface area contributed by atoms with Gasteiger partial charge < -0.3 is 10.1 Å². The highest BCUT2D eigenvalue weighted by molar-refractivity contribution is 7.99. The molecule has 0 spiro atoms. The highest BCUT2D eigenvalue weighted by Crippen LogP contribution is 2.27. The Hall–Kier alpha value is -3.58. The third kappa shape index (κ3) is 5.85. The first kappa shape index (κ1) is 23.6. The summed E-state index contributed by atoms with van der Waals surface area (Å²) in [6.07, 6.45) is 0.825. The summed E-state index contributed by atoms with van der Waals surface area (Å²) in [7, 11) is 1.64. The van der Waals surface area contributed by atoms with E-state index in [9.17, 15) is 4.79 Å². The van der Waals surface area contributed by atoms with Gasteiger partial charge in [-0.2, -0.15) is 0 Å². The SMILES string of the molecule is COc1ccc(-n2c(C)nnc2SCC(=O)NCCC(c2ccccc2)c2ccccc2)cc1. The average Bonchev–Trinajstić information content (AvgIpc) is 3.26. The zero-order chi connectivity index (χ0) is 23.8. The molecule has 3 aromatic carbocycles. The number of aromatic nitrogens is 3. The van der Waals surface area contributed by atoms with E-state index in [1.165, 1.54) is 22.9 Å². The van der Waals surface area contributed by atoms with Crippen molar-refractivity contribution in [1.82, 2.24) is 20.1 Å². The van der Waals surface area contributed by atoms with Crippen LogP contribution in [0, 0.1) is 6.92 Å². The smallest absolute Gasteiger partial charge is 0.230 e. The van der Waals surface area contributed by atoms with Gasteiger partial charge in [0.15, 0.2) is 5.16 Å². The Kier molecular flexibility index (Phi) is 7.99. The maximum absolute atomic E-state index is 12.6. The van der Waals surface area contributed by atoms with E-state index in [1.807, 2.05) is 47.9 Å². The van der Waals surface area contributed by atoms with Gasteiger partial charge in [-0.15, -0.1) is 10.2 Å². The highest BCUT2D eigenvalue weighted by Gasteiger charge is 2.16. The van der Waals surface area contributed by atoms with Gasteiger partial charge in [0.2, 0.25) is 5.91 Å². The molecule has 34 heavy (non-hydrogen) atoms. The molecule has 0 atom stereocenters. The van der Waals surface area contributed by atoms with Crippen molar-refractivity contribution in [1.29, 1.82) is 0 Å². The van der Waals surface area contributed by atoms with Crippen LogP contribution in [0.2, 0.25) is 0 Å². The topological polar surface area (TPSA) is 69.0 Å². The van der Waals surface area contributed by atoms with Gasteiger partial charge in [0.25, 0.3) is 0 Å². The molecule has 0 aliphatic carbocycles. The van der Waals surface area contributed by atoms with Gasteiger partial charge >= 0.3 is 0 Å². The third-order valence-corrected chi connectivity index (χ3v) is 6.55. The number of nitrogens with zero attached hydrogens (tertiary/aromatic N) is 3. The van der Waals surface area contributed by atoms with Gasteiger partial charge in [0.1, 0.15) is 11.6 Å². The van der Waals surface area contributed by atoms with Gasteiger partial charge in [-0.25, -0.2) is 0 Å². The molecule has 1 heterocycles. The standard InChI is InChI=1S/C27H28N4O2S/c1-20-29-30-27(31(20)23-13-15-24(33-2)16-14-23)34-19-26(32)28-18-17-25(21-9-5-3-6-10-21)22-11-7-4-8-12-22/h3-16,25H,17-19H2,1-2H3,(H,28,32). The lowest BCUT2D eigenvalue weighted by molar-refractivity contribution is -0.118. The molecule has 0 saturated carbocycles. The lowest BCUT2D eigenvalue weighted by atomic mass is 9.88. The summed E-state index contributed by atoms with van der Waals surface area (Å²) in [6, 6.07) is 28.5. The first-order valence-corrected chi connectivity index (χ1v) is 12.2. The van der Waals surface area contributed by atoms with E-state index in [0.29, 0.717) is 11.7 Å². The number of thioether (sulfide) groups is 1. The largest absolute Gasteiger partial charge is 0.497 e. The summed E-state index contributed by atoms with van der Waals surface area (Å²) in [5.41, 5.74) is 3.43. The molecule has 1 N–H and O–H groups in total. The third-order valence-electron chi connectivity index (χ3n) is 5.62. The van der Waals surface area contributed by atoms with Crippen LogP contribution in [-0.4, -0.2) is 40.1 Å². The number of methoxy groups -OCH3 is 1. The molecule has 0 unspecified atom stereocenters. The van der Waals surface area contributed by atoms with E-state index in [1.54, 1.807) is 7.11 Å². The Morgan fingerprint density at radius 2 is 1.56 bits per heavy atom. The number of carbonyl (C=O) groups excluding carboxylic acids is 1. The van der Waals surface area contributed by atoms with Crippen molar-refractivity contribution in [2.24, 2.45) is 0 Å². The van der Waals surface area contributed by atoms with Crippen LogP contribution in [0.25, 0.3) is 5.69 Å². The normalized spacial score (nSPS) is 10.9. The average molecular weight is 473 g/mol. The van der Waals surface area contributed by atoms with Crippen LogP contribution >= 0.6 is 11.8 Å². The van der Waals surface area contributed by atoms with Crippen molar-refractivity contribution in [3.05, 3.63) is 102 Å². The molecule has 4 aromatic rings. The van der Waals surface area contributed by atoms with Gasteiger partial charge in [0, 0.05) is 18.2 Å². The molecule has 0 aliphatic heterocycles. The fourth-order valence-electron chi connectivity index (χ4n) is 3.90. The molecule has 0 bridgehead atoms. The monoisotopic (exact) mass is 472 g/mol. The molecule has 0 aliphatic rings. The van der Waals surface area contributed by atoms with Crippen molar-refractivity contribution >= 4 is 17.7 Å². The fraction of sp³-hybridized carbons (Fsp3) is 0.222. The number of benzene rings is 3. The van der Waals surface area contributed by atoms with E-state index in [2.05, 4.69) is 64.0 Å². The lowest BCUT2D eigenvalue weighted by Gasteiger charge is -2.18. The summed E-state index contributed by atoms with van der Waals surface area (Å²) in [4.78, 5) is 12.6. The number of ether oxygens (including phenoxy) is 1. The number of amides is 1. The second-order valence-corrected chi connectivity index (χ2v) is 8.81. The summed E-state index contributed by atoms with van der Waals surface area (Å²) < 4.78 is 7.18. The second kappa shape index (κ2) is 11.5. The molecule has 1 amide bonds. The first-order chi connectivity index (χ1) is 16.7. The number of aryl methyl sites for hydroxylation is 1. The second-order valence-electron chi connectivity index (χ2n) is 7.86. The Labute approximate surface area is 204 Å². The Balaban J connectivity index is 1.35. The maximum Gasteiger partial charge on any atom is 0.230 e. The minimum absolute atomic E-state index is 0.0215. The minimum atomic E-state index is -0.0215. The van der Waals surface area contributed by atoms with E-state index in [4.69, 9.17) is 4.74 Å². The van der Waals surface area contributed by atoms with Crippen LogP contribution < -0.4 is 10.1 Å². The Bertz CT molecular complexity index is 1160. The molecule has 174 valence electrons. The number of nitrogens with one attached hydrogen (secondary N) is 1. The number of hydrogen-bond donors (Lipinski definition) is 1. The molecular weight excluding hydrogens is 444 g/mol. The molecule has 1 aromatic heterocycles. The number of carbonyl (C=O) groups is 1. The van der Waals surface area contributed by atoms with Crippen LogP contribution in [0.15, 0.2) is 90.1 Å². The number of rotatable bonds is 10. The zero-order valence-electron chi connectivity index (χ0n) is 19.3. The van der Waals surface area contributed by atoms with Crippen molar-refractivity contribution in [2.75, 3.05) is 19.4 Å². The van der Waals surface area contributed by atoms with Gasteiger partial charge in [-0.05, 0) is 48.7 Å². The fourth-order valence-corrected chi connectivity index (χ4v) is 4.73. The predicted molar refractivity (Wildman–Crippen MR) is 136 cm³/mol. The molecule has 0 fully saturated rings. The molecule has 0 radical (unpaired) electrons. The molecule has 7 heteroatoms. The van der Waals surface area contributed by atoms with Crippen LogP contribution in [0.3, 0.4) is 0 Å². The molecular formula is C27H28N4O2S. The van der Waals surface area contributed by atoms with Gasteiger partial charge in [-0.1, -0.05) is 72.4 Å². The number of hydrogen-bond acceptors (Lipinski definition) is 5. The Morgan fingerprint density at radius 3 is 2.15 bits per heavy atom.